The van der Waals surface area contributed by atoms with E-state index in [2.05, 4.69) is 5.16 Å². The minimum absolute atomic E-state index is 0.0237. The molecule has 144 valence electrons. The molecule has 0 aliphatic carbocycles. The van der Waals surface area contributed by atoms with Crippen molar-refractivity contribution in [3.8, 4) is 22.8 Å². The number of para-hydroxylation sites is 1. The van der Waals surface area contributed by atoms with Gasteiger partial charge in [-0.25, -0.2) is 4.79 Å². The summed E-state index contributed by atoms with van der Waals surface area (Å²) in [5, 5.41) is 3.99. The van der Waals surface area contributed by atoms with Gasteiger partial charge in [-0.15, -0.1) is 0 Å². The summed E-state index contributed by atoms with van der Waals surface area (Å²) in [5.41, 5.74) is 2.61. The van der Waals surface area contributed by atoms with Crippen LogP contribution in [-0.4, -0.2) is 23.3 Å². The number of ether oxygens (including phenoxy) is 3. The molecule has 6 heteroatoms. The summed E-state index contributed by atoms with van der Waals surface area (Å²) in [7, 11) is 0. The van der Waals surface area contributed by atoms with Crippen LogP contribution in [-0.2, 0) is 22.6 Å². The molecule has 2 unspecified atom stereocenters. The van der Waals surface area contributed by atoms with Gasteiger partial charge in [0.1, 0.15) is 29.9 Å². The maximum Gasteiger partial charge on any atom is 0.347 e. The summed E-state index contributed by atoms with van der Waals surface area (Å²) in [6.45, 7) is 3.72. The molecule has 0 radical (unpaired) electrons. The van der Waals surface area contributed by atoms with Crippen LogP contribution in [0.15, 0.2) is 59.1 Å². The predicted molar refractivity (Wildman–Crippen MR) is 102 cm³/mol. The molecule has 3 aromatic rings. The maximum atomic E-state index is 12.1. The van der Waals surface area contributed by atoms with Crippen LogP contribution >= 0.6 is 0 Å². The van der Waals surface area contributed by atoms with Crippen molar-refractivity contribution in [2.24, 2.45) is 0 Å². The first-order chi connectivity index (χ1) is 13.6. The lowest BCUT2D eigenvalue weighted by Crippen LogP contribution is -2.26. The monoisotopic (exact) mass is 379 g/mol. The molecule has 0 saturated heterocycles. The highest BCUT2D eigenvalue weighted by molar-refractivity contribution is 5.74. The van der Waals surface area contributed by atoms with Gasteiger partial charge in [0.05, 0.1) is 0 Å². The van der Waals surface area contributed by atoms with Crippen LogP contribution in [0.4, 0.5) is 0 Å². The second kappa shape index (κ2) is 7.76. The predicted octanol–water partition coefficient (Wildman–Crippen LogP) is 4.18. The highest BCUT2D eigenvalue weighted by atomic mass is 16.6. The molecule has 0 bridgehead atoms. The zero-order valence-corrected chi connectivity index (χ0v) is 15.8. The number of aromatic nitrogens is 1. The number of hydrogen-bond acceptors (Lipinski definition) is 6. The molecule has 0 saturated carbocycles. The molecule has 0 amide bonds. The van der Waals surface area contributed by atoms with E-state index in [1.807, 2.05) is 43.3 Å². The Balaban J connectivity index is 1.35. The van der Waals surface area contributed by atoms with Crippen molar-refractivity contribution in [1.29, 1.82) is 0 Å². The molecular weight excluding hydrogens is 358 g/mol. The average Bonchev–Trinajstić information content (AvgIpc) is 3.31. The Hall–Kier alpha value is -3.28. The van der Waals surface area contributed by atoms with E-state index < -0.39 is 12.1 Å². The van der Waals surface area contributed by atoms with E-state index in [1.165, 1.54) is 0 Å². The van der Waals surface area contributed by atoms with Crippen LogP contribution < -0.4 is 9.47 Å². The van der Waals surface area contributed by atoms with Crippen molar-refractivity contribution in [2.45, 2.75) is 39.1 Å². The number of hydrogen-bond donors (Lipinski definition) is 0. The molecule has 2 heterocycles. The largest absolute Gasteiger partial charge is 0.490 e. The first-order valence-corrected chi connectivity index (χ1v) is 9.22. The molecule has 6 nitrogen and oxygen atoms in total. The van der Waals surface area contributed by atoms with E-state index in [-0.39, 0.29) is 12.7 Å². The Kier molecular flexibility index (Phi) is 5.02. The Morgan fingerprint density at radius 3 is 2.86 bits per heavy atom. The summed E-state index contributed by atoms with van der Waals surface area (Å²) in [4.78, 5) is 12.1. The minimum atomic E-state index is -0.715. The van der Waals surface area contributed by atoms with Crippen LogP contribution in [0.3, 0.4) is 0 Å². The van der Waals surface area contributed by atoms with Crippen molar-refractivity contribution in [2.75, 3.05) is 0 Å². The molecule has 0 N–H and O–H groups in total. The quantitative estimate of drug-likeness (QED) is 0.599. The zero-order chi connectivity index (χ0) is 19.5. The second-order valence-corrected chi connectivity index (χ2v) is 6.82. The van der Waals surface area contributed by atoms with Crippen molar-refractivity contribution in [1.82, 2.24) is 5.16 Å². The van der Waals surface area contributed by atoms with Gasteiger partial charge in [0.2, 0.25) is 0 Å². The van der Waals surface area contributed by atoms with Gasteiger partial charge in [-0.1, -0.05) is 23.4 Å². The number of fused-ring (bicyclic) bond motifs is 1. The third-order valence-corrected chi connectivity index (χ3v) is 4.49. The molecule has 1 aromatic heterocycles. The van der Waals surface area contributed by atoms with Crippen molar-refractivity contribution in [3.05, 3.63) is 65.9 Å². The average molecular weight is 379 g/mol. The number of esters is 1. The van der Waals surface area contributed by atoms with E-state index in [9.17, 15) is 4.79 Å². The molecule has 4 rings (SSSR count). The van der Waals surface area contributed by atoms with Gasteiger partial charge < -0.3 is 18.7 Å². The van der Waals surface area contributed by atoms with Crippen molar-refractivity contribution < 1.29 is 23.5 Å². The number of carbonyl (C=O) groups excluding carboxylic acids is 1. The Bertz CT molecular complexity index is 966. The Labute approximate surface area is 163 Å². The van der Waals surface area contributed by atoms with Crippen LogP contribution in [0.1, 0.15) is 25.1 Å². The van der Waals surface area contributed by atoms with Gasteiger partial charge in [-0.2, -0.15) is 0 Å². The molecule has 2 aromatic carbocycles. The normalized spacial score (nSPS) is 16.1. The Morgan fingerprint density at radius 1 is 1.21 bits per heavy atom. The lowest BCUT2D eigenvalue weighted by molar-refractivity contribution is -0.152. The SMILES string of the molecule is CC1Cc2cc(-c3cc(COC(=O)C(C)Oc4ccccc4)no3)ccc2O1. The van der Waals surface area contributed by atoms with Crippen molar-refractivity contribution in [3.63, 3.8) is 0 Å². The van der Waals surface area contributed by atoms with Gasteiger partial charge in [0.15, 0.2) is 11.9 Å². The van der Waals surface area contributed by atoms with Gasteiger partial charge in [0.25, 0.3) is 0 Å². The molecule has 28 heavy (non-hydrogen) atoms. The van der Waals surface area contributed by atoms with Gasteiger partial charge in [-0.05, 0) is 49.7 Å². The van der Waals surface area contributed by atoms with Gasteiger partial charge >= 0.3 is 5.97 Å². The van der Waals surface area contributed by atoms with E-state index in [0.29, 0.717) is 17.2 Å². The summed E-state index contributed by atoms with van der Waals surface area (Å²) in [5.74, 6) is 1.70. The lowest BCUT2D eigenvalue weighted by Gasteiger charge is -2.13. The third-order valence-electron chi connectivity index (χ3n) is 4.49. The number of carbonyl (C=O) groups is 1. The van der Waals surface area contributed by atoms with E-state index in [1.54, 1.807) is 25.1 Å². The summed E-state index contributed by atoms with van der Waals surface area (Å²) in [6, 6.07) is 16.8. The fourth-order valence-corrected chi connectivity index (χ4v) is 3.10. The van der Waals surface area contributed by atoms with Crippen LogP contribution in [0.2, 0.25) is 0 Å². The molecule has 1 aliphatic rings. The number of rotatable bonds is 6. The van der Waals surface area contributed by atoms with Gasteiger partial charge in [0, 0.05) is 18.1 Å². The maximum absolute atomic E-state index is 12.1. The summed E-state index contributed by atoms with van der Waals surface area (Å²) >= 11 is 0. The summed E-state index contributed by atoms with van der Waals surface area (Å²) in [6.07, 6.45) is 0.351. The first-order valence-electron chi connectivity index (χ1n) is 9.22. The van der Waals surface area contributed by atoms with Gasteiger partial charge in [-0.3, -0.25) is 0 Å². The second-order valence-electron chi connectivity index (χ2n) is 6.82. The van der Waals surface area contributed by atoms with E-state index in [4.69, 9.17) is 18.7 Å². The number of benzene rings is 2. The smallest absolute Gasteiger partial charge is 0.347 e. The highest BCUT2D eigenvalue weighted by Gasteiger charge is 2.21. The fraction of sp³-hybridized carbons (Fsp3) is 0.273. The lowest BCUT2D eigenvalue weighted by atomic mass is 10.1. The molecule has 2 atom stereocenters. The topological polar surface area (TPSA) is 70.8 Å². The van der Waals surface area contributed by atoms with Crippen LogP contribution in [0, 0.1) is 0 Å². The fourth-order valence-electron chi connectivity index (χ4n) is 3.10. The minimum Gasteiger partial charge on any atom is -0.490 e. The van der Waals surface area contributed by atoms with Crippen LogP contribution in [0.5, 0.6) is 11.5 Å². The standard InChI is InChI=1S/C22H21NO5/c1-14-10-17-11-16(8-9-20(17)26-14)21-12-18(23-28-21)13-25-22(24)15(2)27-19-6-4-3-5-7-19/h3-9,11-12,14-15H,10,13H2,1-2H3. The van der Waals surface area contributed by atoms with E-state index >= 15 is 0 Å². The number of nitrogens with zero attached hydrogens (tertiary/aromatic N) is 1. The first kappa shape index (κ1) is 18.1. The molecule has 1 aliphatic heterocycles. The van der Waals surface area contributed by atoms with E-state index in [0.717, 1.165) is 23.3 Å². The van der Waals surface area contributed by atoms with Crippen molar-refractivity contribution >= 4 is 5.97 Å². The van der Waals surface area contributed by atoms with Crippen LogP contribution in [0.25, 0.3) is 11.3 Å². The zero-order valence-electron chi connectivity index (χ0n) is 15.8. The summed E-state index contributed by atoms with van der Waals surface area (Å²) < 4.78 is 22.0. The molecular formula is C22H21NO5. The Morgan fingerprint density at radius 2 is 2.04 bits per heavy atom. The molecule has 0 fully saturated rings. The highest BCUT2D eigenvalue weighted by Crippen LogP contribution is 2.33. The molecule has 0 spiro atoms. The third kappa shape index (κ3) is 4.01.